The third-order valence-electron chi connectivity index (χ3n) is 2.88. The molecule has 0 saturated carbocycles. The lowest BCUT2D eigenvalue weighted by atomic mass is 10.1. The molecule has 0 spiro atoms. The second-order valence-electron chi connectivity index (χ2n) is 5.54. The quantitative estimate of drug-likeness (QED) is 0.759. The Kier molecular flexibility index (Phi) is 5.33. The largest absolute Gasteiger partial charge is 0.458 e. The Hall–Kier alpha value is -2.14. The summed E-state index contributed by atoms with van der Waals surface area (Å²) in [6, 6.07) is 7.66. The fourth-order valence-electron chi connectivity index (χ4n) is 1.93. The Morgan fingerprint density at radius 2 is 2.00 bits per heavy atom. The molecule has 0 aliphatic carbocycles. The average molecular weight is 303 g/mol. The highest BCUT2D eigenvalue weighted by molar-refractivity contribution is 5.93. The summed E-state index contributed by atoms with van der Waals surface area (Å²) in [6.07, 6.45) is 1.21. The molecular weight excluding hydrogens is 282 g/mol. The summed E-state index contributed by atoms with van der Waals surface area (Å²) in [4.78, 5) is 16.0. The molecule has 0 aliphatic rings. The van der Waals surface area contributed by atoms with E-state index in [2.05, 4.69) is 4.98 Å². The number of hydrogen-bond acceptors (Lipinski definition) is 5. The van der Waals surface area contributed by atoms with Crippen LogP contribution in [0.15, 0.2) is 35.1 Å². The Labute approximate surface area is 130 Å². The molecule has 0 aliphatic heterocycles. The first-order valence-corrected chi connectivity index (χ1v) is 7.32. The average Bonchev–Trinajstić information content (AvgIpc) is 2.94. The van der Waals surface area contributed by atoms with Crippen molar-refractivity contribution in [2.45, 2.75) is 46.5 Å². The summed E-state index contributed by atoms with van der Waals surface area (Å²) in [7, 11) is 0. The molecule has 0 unspecified atom stereocenters. The molecule has 22 heavy (non-hydrogen) atoms. The molecular formula is C17H21NO4. The van der Waals surface area contributed by atoms with Crippen molar-refractivity contribution >= 4 is 5.97 Å². The van der Waals surface area contributed by atoms with Gasteiger partial charge in [-0.15, -0.1) is 0 Å². The van der Waals surface area contributed by atoms with Crippen molar-refractivity contribution < 1.29 is 18.7 Å². The van der Waals surface area contributed by atoms with E-state index < -0.39 is 5.97 Å². The zero-order valence-corrected chi connectivity index (χ0v) is 13.3. The maximum atomic E-state index is 12.0. The second kappa shape index (κ2) is 7.22. The van der Waals surface area contributed by atoms with Gasteiger partial charge in [-0.05, 0) is 39.3 Å². The zero-order valence-electron chi connectivity index (χ0n) is 13.3. The van der Waals surface area contributed by atoms with E-state index in [0.717, 1.165) is 11.1 Å². The third kappa shape index (κ3) is 4.18. The minimum absolute atomic E-state index is 0.158. The van der Waals surface area contributed by atoms with Crippen molar-refractivity contribution in [2.75, 3.05) is 0 Å². The number of benzene rings is 1. The molecule has 0 bridgehead atoms. The highest BCUT2D eigenvalue weighted by Crippen LogP contribution is 2.25. The standard InChI is InChI=1S/C17H21NO4/c1-11(2)20-9-13-6-5-7-14(8-13)16-15(18-10-21-16)17(19)22-12(3)4/h5-8,10-12H,9H2,1-4H3. The summed E-state index contributed by atoms with van der Waals surface area (Å²) < 4.78 is 16.2. The van der Waals surface area contributed by atoms with E-state index in [1.165, 1.54) is 6.39 Å². The molecule has 2 aromatic rings. The van der Waals surface area contributed by atoms with Crippen LogP contribution in [0.2, 0.25) is 0 Å². The second-order valence-corrected chi connectivity index (χ2v) is 5.54. The molecule has 0 atom stereocenters. The van der Waals surface area contributed by atoms with Gasteiger partial charge in [0.15, 0.2) is 17.8 Å². The number of oxazole rings is 1. The smallest absolute Gasteiger partial charge is 0.361 e. The molecule has 5 nitrogen and oxygen atoms in total. The van der Waals surface area contributed by atoms with Crippen molar-refractivity contribution in [2.24, 2.45) is 0 Å². The molecule has 1 aromatic heterocycles. The Morgan fingerprint density at radius 1 is 1.23 bits per heavy atom. The van der Waals surface area contributed by atoms with Crippen molar-refractivity contribution in [1.29, 1.82) is 0 Å². The molecule has 118 valence electrons. The number of nitrogens with zero attached hydrogens (tertiary/aromatic N) is 1. The van der Waals surface area contributed by atoms with Gasteiger partial charge in [-0.2, -0.15) is 0 Å². The number of hydrogen-bond donors (Lipinski definition) is 0. The number of rotatable bonds is 6. The number of aromatic nitrogens is 1. The van der Waals surface area contributed by atoms with E-state index in [-0.39, 0.29) is 17.9 Å². The van der Waals surface area contributed by atoms with E-state index in [1.807, 2.05) is 38.1 Å². The van der Waals surface area contributed by atoms with Gasteiger partial charge in [0, 0.05) is 5.56 Å². The minimum atomic E-state index is -0.484. The lowest BCUT2D eigenvalue weighted by Gasteiger charge is -2.09. The SMILES string of the molecule is CC(C)OCc1cccc(-c2ocnc2C(=O)OC(C)C)c1. The zero-order chi connectivity index (χ0) is 16.1. The number of esters is 1. The molecule has 0 radical (unpaired) electrons. The van der Waals surface area contributed by atoms with Crippen LogP contribution in [0.25, 0.3) is 11.3 Å². The van der Waals surface area contributed by atoms with Crippen molar-refractivity contribution in [1.82, 2.24) is 4.98 Å². The summed E-state index contributed by atoms with van der Waals surface area (Å²) >= 11 is 0. The van der Waals surface area contributed by atoms with Gasteiger partial charge in [-0.25, -0.2) is 9.78 Å². The van der Waals surface area contributed by atoms with Gasteiger partial charge < -0.3 is 13.9 Å². The van der Waals surface area contributed by atoms with Crippen LogP contribution in [0.4, 0.5) is 0 Å². The summed E-state index contributed by atoms with van der Waals surface area (Å²) in [5, 5.41) is 0. The van der Waals surface area contributed by atoms with Crippen LogP contribution in [0.5, 0.6) is 0 Å². The fraction of sp³-hybridized carbons (Fsp3) is 0.412. The molecule has 0 fully saturated rings. The first-order chi connectivity index (χ1) is 10.5. The van der Waals surface area contributed by atoms with Gasteiger partial charge in [0.05, 0.1) is 18.8 Å². The van der Waals surface area contributed by atoms with Gasteiger partial charge in [0.25, 0.3) is 0 Å². The summed E-state index contributed by atoms with van der Waals surface area (Å²) in [6.45, 7) is 8.06. The number of carbonyl (C=O) groups excluding carboxylic acids is 1. The van der Waals surface area contributed by atoms with Crippen LogP contribution in [-0.2, 0) is 16.1 Å². The van der Waals surface area contributed by atoms with E-state index in [1.54, 1.807) is 13.8 Å². The van der Waals surface area contributed by atoms with Gasteiger partial charge in [0.2, 0.25) is 0 Å². The van der Waals surface area contributed by atoms with Crippen LogP contribution in [-0.4, -0.2) is 23.2 Å². The predicted molar refractivity (Wildman–Crippen MR) is 82.4 cm³/mol. The Bertz CT molecular complexity index is 631. The lowest BCUT2D eigenvalue weighted by Crippen LogP contribution is -2.12. The van der Waals surface area contributed by atoms with Crippen LogP contribution >= 0.6 is 0 Å². The predicted octanol–water partition coefficient (Wildman–Crippen LogP) is 3.83. The van der Waals surface area contributed by atoms with Crippen LogP contribution in [0.3, 0.4) is 0 Å². The molecule has 0 amide bonds. The lowest BCUT2D eigenvalue weighted by molar-refractivity contribution is 0.0372. The maximum Gasteiger partial charge on any atom is 0.361 e. The third-order valence-corrected chi connectivity index (χ3v) is 2.88. The van der Waals surface area contributed by atoms with Gasteiger partial charge in [0.1, 0.15) is 0 Å². The van der Waals surface area contributed by atoms with E-state index in [4.69, 9.17) is 13.9 Å². The van der Waals surface area contributed by atoms with Crippen molar-refractivity contribution in [3.8, 4) is 11.3 Å². The highest BCUT2D eigenvalue weighted by Gasteiger charge is 2.20. The first-order valence-electron chi connectivity index (χ1n) is 7.32. The number of carbonyl (C=O) groups is 1. The normalized spacial score (nSPS) is 11.2. The van der Waals surface area contributed by atoms with Gasteiger partial charge in [-0.1, -0.05) is 18.2 Å². The molecule has 0 saturated heterocycles. The topological polar surface area (TPSA) is 61.6 Å². The van der Waals surface area contributed by atoms with Crippen molar-refractivity contribution in [3.63, 3.8) is 0 Å². The summed E-state index contributed by atoms with van der Waals surface area (Å²) in [5.74, 6) is -0.0698. The van der Waals surface area contributed by atoms with E-state index in [0.29, 0.717) is 12.4 Å². The van der Waals surface area contributed by atoms with Gasteiger partial charge in [-0.3, -0.25) is 0 Å². The van der Waals surface area contributed by atoms with Crippen LogP contribution in [0, 0.1) is 0 Å². The molecule has 1 aromatic carbocycles. The molecule has 0 N–H and O–H groups in total. The van der Waals surface area contributed by atoms with E-state index in [9.17, 15) is 4.79 Å². The van der Waals surface area contributed by atoms with Crippen LogP contribution in [0.1, 0.15) is 43.7 Å². The number of ether oxygens (including phenoxy) is 2. The Morgan fingerprint density at radius 3 is 2.68 bits per heavy atom. The van der Waals surface area contributed by atoms with Crippen LogP contribution < -0.4 is 0 Å². The Balaban J connectivity index is 2.24. The van der Waals surface area contributed by atoms with Crippen molar-refractivity contribution in [3.05, 3.63) is 41.9 Å². The molecule has 2 rings (SSSR count). The highest BCUT2D eigenvalue weighted by atomic mass is 16.5. The molecule has 5 heteroatoms. The maximum absolute atomic E-state index is 12.0. The van der Waals surface area contributed by atoms with Gasteiger partial charge >= 0.3 is 5.97 Å². The monoisotopic (exact) mass is 303 g/mol. The van der Waals surface area contributed by atoms with E-state index >= 15 is 0 Å². The minimum Gasteiger partial charge on any atom is -0.458 e. The molecule has 1 heterocycles. The summed E-state index contributed by atoms with van der Waals surface area (Å²) in [5.41, 5.74) is 1.97. The first kappa shape index (κ1) is 16.2. The fourth-order valence-corrected chi connectivity index (χ4v) is 1.93.